The van der Waals surface area contributed by atoms with Gasteiger partial charge in [0.05, 0.1) is 7.11 Å². The Labute approximate surface area is 63.2 Å². The van der Waals surface area contributed by atoms with E-state index in [1.54, 1.807) is 13.1 Å². The van der Waals surface area contributed by atoms with Gasteiger partial charge >= 0.3 is 0 Å². The van der Waals surface area contributed by atoms with E-state index in [0.717, 1.165) is 0 Å². The van der Waals surface area contributed by atoms with E-state index in [2.05, 4.69) is 4.18 Å². The van der Waals surface area contributed by atoms with Gasteiger partial charge in [-0.05, 0) is 0 Å². The van der Waals surface area contributed by atoms with Crippen molar-refractivity contribution in [3.8, 4) is 0 Å². The van der Waals surface area contributed by atoms with Gasteiger partial charge in [0.25, 0.3) is 0 Å². The molecule has 0 aliphatic heterocycles. The summed E-state index contributed by atoms with van der Waals surface area (Å²) in [6.07, 6.45) is 0. The lowest BCUT2D eigenvalue weighted by atomic mass is 11.8. The molecule has 0 amide bonds. The molecule has 0 aromatic carbocycles. The smallest absolute Gasteiger partial charge is 0.226 e. The molecular weight excluding hydrogens is 180 g/mol. The first-order valence-corrected chi connectivity index (χ1v) is 7.49. The van der Waals surface area contributed by atoms with Gasteiger partial charge < -0.3 is 0 Å². The fourth-order valence-corrected chi connectivity index (χ4v) is 1.73. The van der Waals surface area contributed by atoms with Crippen molar-refractivity contribution in [2.24, 2.45) is 0 Å². The Hall–Kier alpha value is 0.417. The van der Waals surface area contributed by atoms with E-state index < -0.39 is 17.5 Å². The zero-order valence-corrected chi connectivity index (χ0v) is 8.41. The quantitative estimate of drug-likeness (QED) is 0.591. The van der Waals surface area contributed by atoms with Crippen LogP contribution in [0, 0.1) is 0 Å². The van der Waals surface area contributed by atoms with Gasteiger partial charge in [0.1, 0.15) is 0 Å². The number of rotatable bonds is 2. The third-order valence-electron chi connectivity index (χ3n) is 0.810. The molecule has 0 heterocycles. The first-order chi connectivity index (χ1) is 3.50. The van der Waals surface area contributed by atoms with Crippen molar-refractivity contribution in [3.05, 3.63) is 0 Å². The average molecular weight is 191 g/mol. The standard InChI is InChI=1S/C3H10O3SSi.ClH/c1-6-7(4,5)8(2)3;/h8H,1-3H3;1H. The molecule has 0 N–H and O–H groups in total. The Bertz CT molecular complexity index is 152. The summed E-state index contributed by atoms with van der Waals surface area (Å²) in [6.45, 7) is 3.41. The van der Waals surface area contributed by atoms with Gasteiger partial charge in [0, 0.05) is 0 Å². The molecule has 0 atom stereocenters. The van der Waals surface area contributed by atoms with E-state index in [0.29, 0.717) is 0 Å². The molecule has 9 heavy (non-hydrogen) atoms. The van der Waals surface area contributed by atoms with Crippen LogP contribution in [0.5, 0.6) is 0 Å². The highest BCUT2D eigenvalue weighted by atomic mass is 35.5. The Morgan fingerprint density at radius 2 is 1.67 bits per heavy atom. The van der Waals surface area contributed by atoms with Crippen LogP contribution in [0.2, 0.25) is 13.1 Å². The van der Waals surface area contributed by atoms with Crippen LogP contribution < -0.4 is 0 Å². The predicted molar refractivity (Wildman–Crippen MR) is 42.1 cm³/mol. The summed E-state index contributed by atoms with van der Waals surface area (Å²) in [5.41, 5.74) is 0. The van der Waals surface area contributed by atoms with Crippen molar-refractivity contribution in [2.75, 3.05) is 7.11 Å². The summed E-state index contributed by atoms with van der Waals surface area (Å²) in [6, 6.07) is 0. The molecule has 0 fully saturated rings. The summed E-state index contributed by atoms with van der Waals surface area (Å²) in [4.78, 5) is 0. The summed E-state index contributed by atoms with van der Waals surface area (Å²) in [5, 5.41) is 0. The van der Waals surface area contributed by atoms with Crippen molar-refractivity contribution >= 4 is 29.9 Å². The van der Waals surface area contributed by atoms with E-state index >= 15 is 0 Å². The zero-order valence-electron chi connectivity index (χ0n) is 5.62. The van der Waals surface area contributed by atoms with Crippen LogP contribution in [-0.4, -0.2) is 23.5 Å². The molecular formula is C3H11ClO3SSi. The van der Waals surface area contributed by atoms with Crippen LogP contribution in [0.25, 0.3) is 0 Å². The highest BCUT2D eigenvalue weighted by molar-refractivity contribution is 8.14. The van der Waals surface area contributed by atoms with Crippen molar-refractivity contribution in [3.63, 3.8) is 0 Å². The van der Waals surface area contributed by atoms with Crippen molar-refractivity contribution in [1.29, 1.82) is 0 Å². The third-order valence-corrected chi connectivity index (χ3v) is 6.47. The van der Waals surface area contributed by atoms with Gasteiger partial charge in [-0.1, -0.05) is 13.1 Å². The number of hydrogen-bond donors (Lipinski definition) is 0. The molecule has 0 saturated carbocycles. The fourth-order valence-electron chi connectivity index (χ4n) is 0.192. The van der Waals surface area contributed by atoms with Crippen LogP contribution >= 0.6 is 12.4 Å². The van der Waals surface area contributed by atoms with E-state index in [1.807, 2.05) is 0 Å². The van der Waals surface area contributed by atoms with Gasteiger partial charge in [-0.3, -0.25) is 4.18 Å². The van der Waals surface area contributed by atoms with E-state index in [9.17, 15) is 8.42 Å². The lowest BCUT2D eigenvalue weighted by Gasteiger charge is -2.00. The number of hydrogen-bond acceptors (Lipinski definition) is 3. The zero-order chi connectivity index (χ0) is 6.78. The topological polar surface area (TPSA) is 43.4 Å². The average Bonchev–Trinajstić information content (AvgIpc) is 1.67. The predicted octanol–water partition coefficient (Wildman–Crippen LogP) is 0.368. The van der Waals surface area contributed by atoms with Crippen LogP contribution in [-0.2, 0) is 13.8 Å². The molecule has 0 aliphatic carbocycles. The van der Waals surface area contributed by atoms with Gasteiger partial charge in [-0.2, -0.15) is 0 Å². The summed E-state index contributed by atoms with van der Waals surface area (Å²) < 4.78 is 25.3. The molecule has 0 aromatic rings. The Morgan fingerprint density at radius 3 is 1.67 bits per heavy atom. The molecule has 0 radical (unpaired) electrons. The highest BCUT2D eigenvalue weighted by Gasteiger charge is 2.15. The highest BCUT2D eigenvalue weighted by Crippen LogP contribution is 1.95. The summed E-state index contributed by atoms with van der Waals surface area (Å²) >= 11 is 0. The molecule has 0 bridgehead atoms. The second-order valence-corrected chi connectivity index (χ2v) is 9.69. The lowest BCUT2D eigenvalue weighted by Crippen LogP contribution is -2.19. The monoisotopic (exact) mass is 190 g/mol. The Balaban J connectivity index is 0. The third kappa shape index (κ3) is 3.91. The van der Waals surface area contributed by atoms with Crippen LogP contribution in [0.15, 0.2) is 0 Å². The Morgan fingerprint density at radius 1 is 1.33 bits per heavy atom. The second-order valence-electron chi connectivity index (χ2n) is 1.71. The summed E-state index contributed by atoms with van der Waals surface area (Å²) in [5.74, 6) is 0. The largest absolute Gasteiger partial charge is 0.280 e. The molecule has 0 aliphatic rings. The first-order valence-electron chi connectivity index (χ1n) is 2.30. The molecule has 58 valence electrons. The van der Waals surface area contributed by atoms with Gasteiger partial charge in [0.15, 0.2) is 0 Å². The molecule has 6 heteroatoms. The maximum atomic E-state index is 10.5. The SMILES string of the molecule is COS(=O)(=O)[SiH](C)C.Cl. The van der Waals surface area contributed by atoms with Crippen molar-refractivity contribution < 1.29 is 12.6 Å². The molecule has 0 saturated heterocycles. The van der Waals surface area contributed by atoms with E-state index in [1.165, 1.54) is 7.11 Å². The minimum Gasteiger partial charge on any atom is -0.280 e. The maximum Gasteiger partial charge on any atom is 0.226 e. The fraction of sp³-hybridized carbons (Fsp3) is 1.00. The van der Waals surface area contributed by atoms with Crippen molar-refractivity contribution in [1.82, 2.24) is 0 Å². The molecule has 0 rings (SSSR count). The minimum absolute atomic E-state index is 0. The van der Waals surface area contributed by atoms with Crippen molar-refractivity contribution in [2.45, 2.75) is 13.1 Å². The molecule has 3 nitrogen and oxygen atoms in total. The van der Waals surface area contributed by atoms with Crippen LogP contribution in [0.3, 0.4) is 0 Å². The molecule has 0 aromatic heterocycles. The summed E-state index contributed by atoms with van der Waals surface area (Å²) in [7, 11) is -3.53. The van der Waals surface area contributed by atoms with Crippen LogP contribution in [0.4, 0.5) is 0 Å². The molecule has 0 spiro atoms. The van der Waals surface area contributed by atoms with Gasteiger partial charge in [-0.15, -0.1) is 12.4 Å². The van der Waals surface area contributed by atoms with Gasteiger partial charge in [0.2, 0.25) is 17.5 Å². The Kier molecular flexibility index (Phi) is 5.75. The maximum absolute atomic E-state index is 10.5. The normalized spacial score (nSPS) is 11.1. The number of halogens is 1. The first kappa shape index (κ1) is 12.1. The van der Waals surface area contributed by atoms with Crippen LogP contribution in [0.1, 0.15) is 0 Å². The minimum atomic E-state index is -3.10. The van der Waals surface area contributed by atoms with Gasteiger partial charge in [-0.25, -0.2) is 8.42 Å². The second kappa shape index (κ2) is 4.27. The molecule has 0 unspecified atom stereocenters. The van der Waals surface area contributed by atoms with E-state index in [4.69, 9.17) is 0 Å². The van der Waals surface area contributed by atoms with E-state index in [-0.39, 0.29) is 12.4 Å². The lowest BCUT2D eigenvalue weighted by molar-refractivity contribution is 0.410.